The van der Waals surface area contributed by atoms with Gasteiger partial charge in [-0.25, -0.2) is 0 Å². The van der Waals surface area contributed by atoms with Gasteiger partial charge in [0.2, 0.25) is 0 Å². The van der Waals surface area contributed by atoms with Gasteiger partial charge < -0.3 is 15.4 Å². The maximum atomic E-state index is 5.27. The second kappa shape index (κ2) is 6.21. The first kappa shape index (κ1) is 13.4. The molecule has 0 radical (unpaired) electrons. The minimum absolute atomic E-state index is 0.409. The van der Waals surface area contributed by atoms with Crippen LogP contribution in [0.4, 0.5) is 5.69 Å². The lowest BCUT2D eigenvalue weighted by Crippen LogP contribution is -2.37. The van der Waals surface area contributed by atoms with Crippen LogP contribution in [-0.2, 0) is 17.7 Å². The Labute approximate surface area is 110 Å². The minimum Gasteiger partial charge on any atom is -0.384 e. The van der Waals surface area contributed by atoms with E-state index in [9.17, 15) is 0 Å². The summed E-state index contributed by atoms with van der Waals surface area (Å²) in [5.41, 5.74) is 4.15. The second-order valence-electron chi connectivity index (χ2n) is 5.31. The standard InChI is InChI=1S/C15H24N2O/c1-11(2)14(10-18-3)17-9-13-6-4-5-12-7-8-16-15(12)13/h4-6,11,14,16-17H,7-10H2,1-3H3. The number of anilines is 1. The van der Waals surface area contributed by atoms with Crippen molar-refractivity contribution < 1.29 is 4.74 Å². The van der Waals surface area contributed by atoms with Gasteiger partial charge in [-0.2, -0.15) is 0 Å². The number of nitrogens with one attached hydrogen (secondary N) is 2. The van der Waals surface area contributed by atoms with Crippen LogP contribution in [0.1, 0.15) is 25.0 Å². The van der Waals surface area contributed by atoms with Crippen molar-refractivity contribution >= 4 is 5.69 Å². The lowest BCUT2D eigenvalue weighted by atomic mass is 10.0. The Kier molecular flexibility index (Phi) is 4.61. The van der Waals surface area contributed by atoms with Crippen molar-refractivity contribution in [3.05, 3.63) is 29.3 Å². The van der Waals surface area contributed by atoms with Gasteiger partial charge in [-0.05, 0) is 23.5 Å². The first-order valence-corrected chi connectivity index (χ1v) is 6.79. The molecule has 2 rings (SSSR count). The molecular formula is C15H24N2O. The van der Waals surface area contributed by atoms with E-state index in [4.69, 9.17) is 4.74 Å². The summed E-state index contributed by atoms with van der Waals surface area (Å²) in [5.74, 6) is 0.578. The van der Waals surface area contributed by atoms with Gasteiger partial charge in [0, 0.05) is 31.9 Å². The molecule has 0 saturated carbocycles. The highest BCUT2D eigenvalue weighted by molar-refractivity contribution is 5.61. The van der Waals surface area contributed by atoms with Crippen LogP contribution in [0.3, 0.4) is 0 Å². The molecule has 2 N–H and O–H groups in total. The van der Waals surface area contributed by atoms with Crippen LogP contribution >= 0.6 is 0 Å². The topological polar surface area (TPSA) is 33.3 Å². The molecule has 1 unspecified atom stereocenters. The summed E-state index contributed by atoms with van der Waals surface area (Å²) in [4.78, 5) is 0. The Bertz CT molecular complexity index is 390. The van der Waals surface area contributed by atoms with Crippen molar-refractivity contribution in [2.75, 3.05) is 25.6 Å². The molecule has 0 saturated heterocycles. The zero-order valence-electron chi connectivity index (χ0n) is 11.6. The van der Waals surface area contributed by atoms with E-state index in [1.165, 1.54) is 16.8 Å². The number of fused-ring (bicyclic) bond motifs is 1. The largest absolute Gasteiger partial charge is 0.384 e. The molecule has 0 aliphatic carbocycles. The molecule has 100 valence electrons. The van der Waals surface area contributed by atoms with Gasteiger partial charge in [0.05, 0.1) is 6.61 Å². The van der Waals surface area contributed by atoms with Gasteiger partial charge >= 0.3 is 0 Å². The first-order chi connectivity index (χ1) is 8.72. The molecule has 3 heteroatoms. The molecule has 0 bridgehead atoms. The summed E-state index contributed by atoms with van der Waals surface area (Å²) in [6, 6.07) is 6.98. The third-order valence-corrected chi connectivity index (χ3v) is 3.64. The zero-order valence-corrected chi connectivity index (χ0v) is 11.6. The molecule has 1 aliphatic heterocycles. The highest BCUT2D eigenvalue weighted by atomic mass is 16.5. The molecule has 18 heavy (non-hydrogen) atoms. The number of benzene rings is 1. The summed E-state index contributed by atoms with van der Waals surface area (Å²) in [7, 11) is 1.76. The summed E-state index contributed by atoms with van der Waals surface area (Å²) >= 11 is 0. The van der Waals surface area contributed by atoms with Crippen molar-refractivity contribution in [2.45, 2.75) is 32.9 Å². The Hall–Kier alpha value is -1.06. The molecule has 1 atom stereocenters. The highest BCUT2D eigenvalue weighted by Crippen LogP contribution is 2.26. The molecule has 3 nitrogen and oxygen atoms in total. The van der Waals surface area contributed by atoms with Crippen LogP contribution < -0.4 is 10.6 Å². The van der Waals surface area contributed by atoms with Gasteiger partial charge in [0.1, 0.15) is 0 Å². The van der Waals surface area contributed by atoms with Gasteiger partial charge in [-0.1, -0.05) is 32.0 Å². The smallest absolute Gasteiger partial charge is 0.0618 e. The van der Waals surface area contributed by atoms with Crippen LogP contribution in [0.5, 0.6) is 0 Å². The van der Waals surface area contributed by atoms with Gasteiger partial charge in [-0.3, -0.25) is 0 Å². The van der Waals surface area contributed by atoms with E-state index in [1.54, 1.807) is 7.11 Å². The van der Waals surface area contributed by atoms with E-state index in [-0.39, 0.29) is 0 Å². The summed E-state index contributed by atoms with van der Waals surface area (Å²) in [6.45, 7) is 7.19. The minimum atomic E-state index is 0.409. The molecule has 0 amide bonds. The fourth-order valence-electron chi connectivity index (χ4n) is 2.47. The van der Waals surface area contributed by atoms with Crippen molar-refractivity contribution in [2.24, 2.45) is 5.92 Å². The van der Waals surface area contributed by atoms with E-state index in [1.807, 2.05) is 0 Å². The van der Waals surface area contributed by atoms with Gasteiger partial charge in [0.25, 0.3) is 0 Å². The van der Waals surface area contributed by atoms with Crippen LogP contribution in [0, 0.1) is 5.92 Å². The first-order valence-electron chi connectivity index (χ1n) is 6.79. The lowest BCUT2D eigenvalue weighted by molar-refractivity contribution is 0.146. The Morgan fingerprint density at radius 3 is 2.94 bits per heavy atom. The van der Waals surface area contributed by atoms with E-state index in [0.717, 1.165) is 26.1 Å². The predicted octanol–water partition coefficient (Wildman–Crippen LogP) is 2.42. The van der Waals surface area contributed by atoms with Gasteiger partial charge in [0.15, 0.2) is 0 Å². The fourth-order valence-corrected chi connectivity index (χ4v) is 2.47. The lowest BCUT2D eigenvalue weighted by Gasteiger charge is -2.22. The van der Waals surface area contributed by atoms with Crippen molar-refractivity contribution in [1.82, 2.24) is 5.32 Å². The summed E-state index contributed by atoms with van der Waals surface area (Å²) < 4.78 is 5.27. The Morgan fingerprint density at radius 1 is 1.39 bits per heavy atom. The molecule has 1 aromatic carbocycles. The number of methoxy groups -OCH3 is 1. The highest BCUT2D eigenvalue weighted by Gasteiger charge is 2.16. The third-order valence-electron chi connectivity index (χ3n) is 3.64. The Morgan fingerprint density at radius 2 is 2.22 bits per heavy atom. The van der Waals surface area contributed by atoms with Crippen molar-refractivity contribution in [3.63, 3.8) is 0 Å². The number of rotatable bonds is 6. The van der Waals surface area contributed by atoms with E-state index in [2.05, 4.69) is 42.7 Å². The molecule has 1 heterocycles. The number of hydrogen-bond acceptors (Lipinski definition) is 3. The predicted molar refractivity (Wildman–Crippen MR) is 76.0 cm³/mol. The van der Waals surface area contributed by atoms with Crippen molar-refractivity contribution in [1.29, 1.82) is 0 Å². The van der Waals surface area contributed by atoms with Crippen LogP contribution in [-0.4, -0.2) is 26.3 Å². The average molecular weight is 248 g/mol. The molecule has 1 aliphatic rings. The van der Waals surface area contributed by atoms with E-state index in [0.29, 0.717) is 12.0 Å². The maximum absolute atomic E-state index is 5.27. The number of para-hydroxylation sites is 1. The van der Waals surface area contributed by atoms with Crippen LogP contribution in [0.25, 0.3) is 0 Å². The molecule has 1 aromatic rings. The SMILES string of the molecule is COCC(NCc1cccc2c1NCC2)C(C)C. The van der Waals surface area contributed by atoms with Crippen molar-refractivity contribution in [3.8, 4) is 0 Å². The molecular weight excluding hydrogens is 224 g/mol. The Balaban J connectivity index is 1.99. The fraction of sp³-hybridized carbons (Fsp3) is 0.600. The van der Waals surface area contributed by atoms with Crippen LogP contribution in [0.2, 0.25) is 0 Å². The second-order valence-corrected chi connectivity index (χ2v) is 5.31. The van der Waals surface area contributed by atoms with E-state index >= 15 is 0 Å². The van der Waals surface area contributed by atoms with E-state index < -0.39 is 0 Å². The van der Waals surface area contributed by atoms with Gasteiger partial charge in [-0.15, -0.1) is 0 Å². The quantitative estimate of drug-likeness (QED) is 0.811. The zero-order chi connectivity index (χ0) is 13.0. The summed E-state index contributed by atoms with van der Waals surface area (Å²) in [5, 5.41) is 7.08. The maximum Gasteiger partial charge on any atom is 0.0618 e. The third kappa shape index (κ3) is 3.03. The normalized spacial score (nSPS) is 15.6. The van der Waals surface area contributed by atoms with Crippen LogP contribution in [0.15, 0.2) is 18.2 Å². The number of ether oxygens (including phenoxy) is 1. The monoisotopic (exact) mass is 248 g/mol. The summed E-state index contributed by atoms with van der Waals surface area (Å²) in [6.07, 6.45) is 1.15. The number of hydrogen-bond donors (Lipinski definition) is 2. The molecule has 0 fully saturated rings. The molecule has 0 spiro atoms. The average Bonchev–Trinajstić information content (AvgIpc) is 2.82. The molecule has 0 aromatic heterocycles.